The van der Waals surface area contributed by atoms with E-state index < -0.39 is 0 Å². The predicted octanol–water partition coefficient (Wildman–Crippen LogP) is 3.10. The Morgan fingerprint density at radius 1 is 1.22 bits per heavy atom. The second kappa shape index (κ2) is 8.59. The van der Waals surface area contributed by atoms with Crippen molar-refractivity contribution >= 4 is 22.4 Å². The summed E-state index contributed by atoms with van der Waals surface area (Å²) in [4.78, 5) is 28.2. The smallest absolute Gasteiger partial charge is 0.266 e. The molecule has 0 unspecified atom stereocenters. The molecule has 8 heteroatoms. The van der Waals surface area contributed by atoms with Gasteiger partial charge in [-0.2, -0.15) is 5.10 Å². The summed E-state index contributed by atoms with van der Waals surface area (Å²) in [7, 11) is 1.61. The van der Waals surface area contributed by atoms with Crippen molar-refractivity contribution in [2.24, 2.45) is 0 Å². The summed E-state index contributed by atoms with van der Waals surface area (Å²) in [5.74, 6) is 0.636. The molecular weight excluding hydrogens is 364 g/mol. The number of hydrogen-bond donors (Lipinski definition) is 1. The molecule has 27 heavy (non-hydrogen) atoms. The quantitative estimate of drug-likeness (QED) is 0.676. The molecule has 2 aromatic heterocycles. The van der Waals surface area contributed by atoms with Crippen LogP contribution in [0.15, 0.2) is 46.6 Å². The maximum atomic E-state index is 12.0. The van der Waals surface area contributed by atoms with Gasteiger partial charge < -0.3 is 10.1 Å². The molecule has 0 atom stereocenters. The number of nitrogens with one attached hydrogen (secondary N) is 1. The Labute approximate surface area is 160 Å². The van der Waals surface area contributed by atoms with Crippen LogP contribution < -0.4 is 15.6 Å². The fourth-order valence-corrected chi connectivity index (χ4v) is 3.21. The summed E-state index contributed by atoms with van der Waals surface area (Å²) >= 11 is 1.39. The first kappa shape index (κ1) is 18.8. The molecule has 0 aliphatic carbocycles. The van der Waals surface area contributed by atoms with E-state index in [-0.39, 0.29) is 11.5 Å². The largest absolute Gasteiger partial charge is 0.497 e. The summed E-state index contributed by atoms with van der Waals surface area (Å²) in [6.45, 7) is 2.24. The minimum atomic E-state index is -0.191. The van der Waals surface area contributed by atoms with Gasteiger partial charge in [-0.1, -0.05) is 0 Å². The molecular formula is C19H20N4O3S. The van der Waals surface area contributed by atoms with Crippen LogP contribution in [0.2, 0.25) is 0 Å². The van der Waals surface area contributed by atoms with Gasteiger partial charge in [0, 0.05) is 30.0 Å². The highest BCUT2D eigenvalue weighted by atomic mass is 32.1. The highest BCUT2D eigenvalue weighted by Gasteiger charge is 2.07. The molecule has 140 valence electrons. The number of nitrogens with zero attached hydrogens (tertiary/aromatic N) is 3. The Hall–Kier alpha value is -3.00. The molecule has 0 spiro atoms. The van der Waals surface area contributed by atoms with Gasteiger partial charge in [0.1, 0.15) is 5.75 Å². The third kappa shape index (κ3) is 5.01. The van der Waals surface area contributed by atoms with Gasteiger partial charge in [-0.25, -0.2) is 9.67 Å². The molecule has 1 amide bonds. The lowest BCUT2D eigenvalue weighted by atomic mass is 10.1. The summed E-state index contributed by atoms with van der Waals surface area (Å²) in [5.41, 5.74) is 2.27. The van der Waals surface area contributed by atoms with E-state index in [1.165, 1.54) is 22.1 Å². The highest BCUT2D eigenvalue weighted by molar-refractivity contribution is 7.13. The second-order valence-corrected chi connectivity index (χ2v) is 6.81. The zero-order chi connectivity index (χ0) is 19.2. The molecule has 0 saturated heterocycles. The first-order valence-electron chi connectivity index (χ1n) is 8.50. The van der Waals surface area contributed by atoms with Gasteiger partial charge in [-0.05, 0) is 43.7 Å². The van der Waals surface area contributed by atoms with Crippen molar-refractivity contribution in [1.29, 1.82) is 0 Å². The number of carbonyl (C=O) groups excluding carboxylic acids is 1. The molecule has 0 aliphatic rings. The lowest BCUT2D eigenvalue weighted by molar-refractivity contribution is -0.116. The molecule has 1 N–H and O–H groups in total. The average Bonchev–Trinajstić information content (AvgIpc) is 3.08. The average molecular weight is 384 g/mol. The maximum absolute atomic E-state index is 12.0. The number of carbonyl (C=O) groups is 1. The number of hydrogen-bond acceptors (Lipinski definition) is 6. The molecule has 3 aromatic rings. The van der Waals surface area contributed by atoms with Gasteiger partial charge in [-0.15, -0.1) is 11.3 Å². The molecule has 2 heterocycles. The van der Waals surface area contributed by atoms with E-state index in [1.54, 1.807) is 13.2 Å². The Balaban J connectivity index is 1.61. The molecule has 3 rings (SSSR count). The number of rotatable bonds is 7. The van der Waals surface area contributed by atoms with Crippen molar-refractivity contribution in [1.82, 2.24) is 14.8 Å². The SMILES string of the molecule is COc1ccc(-c2ccc(=O)n(CCCC(=O)Nc3nc(C)cs3)n2)cc1. The van der Waals surface area contributed by atoms with Crippen LogP contribution in [0, 0.1) is 6.92 Å². The van der Waals surface area contributed by atoms with Crippen molar-refractivity contribution in [2.45, 2.75) is 26.3 Å². The topological polar surface area (TPSA) is 86.1 Å². The number of amides is 1. The zero-order valence-corrected chi connectivity index (χ0v) is 16.0. The standard InChI is InChI=1S/C19H20N4O3S/c1-13-12-27-19(20-13)21-17(24)4-3-11-23-18(25)10-9-16(22-23)14-5-7-15(26-2)8-6-14/h5-10,12H,3-4,11H2,1-2H3,(H,20,21,24). The van der Waals surface area contributed by atoms with Crippen LogP contribution in [0.5, 0.6) is 5.75 Å². The third-order valence-electron chi connectivity index (χ3n) is 3.89. The van der Waals surface area contributed by atoms with E-state index in [2.05, 4.69) is 15.4 Å². The van der Waals surface area contributed by atoms with Crippen LogP contribution in [-0.4, -0.2) is 27.8 Å². The van der Waals surface area contributed by atoms with Crippen LogP contribution in [0.1, 0.15) is 18.5 Å². The van der Waals surface area contributed by atoms with Gasteiger partial charge in [0.15, 0.2) is 5.13 Å². The molecule has 0 saturated carbocycles. The van der Waals surface area contributed by atoms with Crippen LogP contribution >= 0.6 is 11.3 Å². The van der Waals surface area contributed by atoms with E-state index >= 15 is 0 Å². The van der Waals surface area contributed by atoms with E-state index in [9.17, 15) is 9.59 Å². The monoisotopic (exact) mass is 384 g/mol. The van der Waals surface area contributed by atoms with Gasteiger partial charge in [0.2, 0.25) is 5.91 Å². The maximum Gasteiger partial charge on any atom is 0.266 e. The first-order chi connectivity index (χ1) is 13.0. The van der Waals surface area contributed by atoms with E-state index in [0.29, 0.717) is 30.2 Å². The number of benzene rings is 1. The number of aryl methyl sites for hydroxylation is 2. The lowest BCUT2D eigenvalue weighted by Gasteiger charge is -2.08. The fourth-order valence-electron chi connectivity index (χ4n) is 2.51. The lowest BCUT2D eigenvalue weighted by Crippen LogP contribution is -2.23. The predicted molar refractivity (Wildman–Crippen MR) is 105 cm³/mol. The molecule has 0 aliphatic heterocycles. The molecule has 0 fully saturated rings. The fraction of sp³-hybridized carbons (Fsp3) is 0.263. The third-order valence-corrected chi connectivity index (χ3v) is 4.77. The zero-order valence-electron chi connectivity index (χ0n) is 15.1. The molecule has 0 bridgehead atoms. The molecule has 1 aromatic carbocycles. The summed E-state index contributed by atoms with van der Waals surface area (Å²) in [6.07, 6.45) is 0.800. The number of anilines is 1. The number of aromatic nitrogens is 3. The summed E-state index contributed by atoms with van der Waals surface area (Å²) in [6, 6.07) is 10.6. The number of methoxy groups -OCH3 is 1. The number of thiazole rings is 1. The normalized spacial score (nSPS) is 10.6. The molecule has 0 radical (unpaired) electrons. The van der Waals surface area contributed by atoms with Crippen LogP contribution in [0.25, 0.3) is 11.3 Å². The van der Waals surface area contributed by atoms with Crippen LogP contribution in [0.4, 0.5) is 5.13 Å². The molecule has 7 nitrogen and oxygen atoms in total. The minimum absolute atomic E-state index is 0.122. The number of ether oxygens (including phenoxy) is 1. The van der Waals surface area contributed by atoms with E-state index in [0.717, 1.165) is 17.0 Å². The second-order valence-electron chi connectivity index (χ2n) is 5.95. The summed E-state index contributed by atoms with van der Waals surface area (Å²) < 4.78 is 6.54. The Kier molecular flexibility index (Phi) is 5.97. The van der Waals surface area contributed by atoms with Crippen LogP contribution in [-0.2, 0) is 11.3 Å². The van der Waals surface area contributed by atoms with Crippen molar-refractivity contribution in [3.63, 3.8) is 0 Å². The van der Waals surface area contributed by atoms with Gasteiger partial charge in [0.25, 0.3) is 5.56 Å². The van der Waals surface area contributed by atoms with Gasteiger partial charge >= 0.3 is 0 Å². The van der Waals surface area contributed by atoms with E-state index in [1.807, 2.05) is 36.6 Å². The van der Waals surface area contributed by atoms with Crippen molar-refractivity contribution in [3.05, 3.63) is 57.8 Å². The minimum Gasteiger partial charge on any atom is -0.497 e. The Bertz CT molecular complexity index is 979. The highest BCUT2D eigenvalue weighted by Crippen LogP contribution is 2.19. The summed E-state index contributed by atoms with van der Waals surface area (Å²) in [5, 5.41) is 9.63. The van der Waals surface area contributed by atoms with Crippen molar-refractivity contribution in [2.75, 3.05) is 12.4 Å². The van der Waals surface area contributed by atoms with Gasteiger partial charge in [-0.3, -0.25) is 9.59 Å². The van der Waals surface area contributed by atoms with Crippen molar-refractivity contribution < 1.29 is 9.53 Å². The Morgan fingerprint density at radius 2 is 2.00 bits per heavy atom. The van der Waals surface area contributed by atoms with Crippen LogP contribution in [0.3, 0.4) is 0 Å². The first-order valence-corrected chi connectivity index (χ1v) is 9.38. The van der Waals surface area contributed by atoms with Gasteiger partial charge in [0.05, 0.1) is 18.5 Å². The van der Waals surface area contributed by atoms with E-state index in [4.69, 9.17) is 4.74 Å². The Morgan fingerprint density at radius 3 is 2.67 bits per heavy atom. The van der Waals surface area contributed by atoms with Crippen molar-refractivity contribution in [3.8, 4) is 17.0 Å².